The maximum Gasteiger partial charge on any atom is 0.142 e. The van der Waals surface area contributed by atoms with Gasteiger partial charge in [-0.05, 0) is 17.7 Å². The Labute approximate surface area is 152 Å². The van der Waals surface area contributed by atoms with Crippen LogP contribution in [-0.4, -0.2) is 32.9 Å². The van der Waals surface area contributed by atoms with Crippen LogP contribution in [0.25, 0.3) is 22.0 Å². The van der Waals surface area contributed by atoms with Gasteiger partial charge in [-0.25, -0.2) is 0 Å². The fraction of sp³-hybridized carbons (Fsp3) is 0.190. The van der Waals surface area contributed by atoms with Gasteiger partial charge in [0.1, 0.15) is 29.6 Å². The first-order valence-corrected chi connectivity index (χ1v) is 8.14. The van der Waals surface area contributed by atoms with Crippen LogP contribution >= 0.6 is 0 Å². The molecule has 0 saturated carbocycles. The molecule has 0 saturated heterocycles. The summed E-state index contributed by atoms with van der Waals surface area (Å²) in [5.74, 6) is 2.80. The topological polar surface area (TPSA) is 49.8 Å². The molecule has 26 heavy (non-hydrogen) atoms. The zero-order chi connectivity index (χ0) is 18.5. The number of fused-ring (bicyclic) bond motifs is 1. The van der Waals surface area contributed by atoms with Crippen molar-refractivity contribution in [3.8, 4) is 34.1 Å². The van der Waals surface area contributed by atoms with Gasteiger partial charge >= 0.3 is 0 Å². The number of hydrogen-bond acceptors (Lipinski definition) is 5. The summed E-state index contributed by atoms with van der Waals surface area (Å²) in [5, 5.41) is 0.795. The lowest BCUT2D eigenvalue weighted by atomic mass is 10.0. The Kier molecular flexibility index (Phi) is 5.27. The lowest BCUT2D eigenvalue weighted by Crippen LogP contribution is -2.00. The van der Waals surface area contributed by atoms with Crippen LogP contribution in [0.5, 0.6) is 23.0 Å². The fourth-order valence-electron chi connectivity index (χ4n) is 2.78. The Hall–Kier alpha value is -3.21. The molecule has 1 aromatic heterocycles. The van der Waals surface area contributed by atoms with E-state index in [2.05, 4.69) is 11.6 Å². The van der Waals surface area contributed by atoms with Gasteiger partial charge in [-0.3, -0.25) is 4.98 Å². The van der Waals surface area contributed by atoms with Gasteiger partial charge < -0.3 is 18.9 Å². The molecule has 0 radical (unpaired) electrons. The number of ether oxygens (including phenoxy) is 4. The number of aromatic nitrogens is 1. The standard InChI is InChI=1S/C21H21NO4/c1-5-10-26-21-17(14-6-8-15(23-2)9-7-14)13-22-18-11-16(24-3)12-19(25-4)20(18)21/h5-9,11-13H,1,10H2,2-4H3. The predicted molar refractivity (Wildman–Crippen MR) is 103 cm³/mol. The number of methoxy groups -OCH3 is 3. The van der Waals surface area contributed by atoms with Crippen molar-refractivity contribution in [2.45, 2.75) is 0 Å². The van der Waals surface area contributed by atoms with E-state index < -0.39 is 0 Å². The van der Waals surface area contributed by atoms with Gasteiger partial charge in [0.2, 0.25) is 0 Å². The minimum absolute atomic E-state index is 0.372. The van der Waals surface area contributed by atoms with E-state index in [4.69, 9.17) is 18.9 Å². The van der Waals surface area contributed by atoms with E-state index in [1.165, 1.54) is 0 Å². The highest BCUT2D eigenvalue weighted by Gasteiger charge is 2.17. The second-order valence-electron chi connectivity index (χ2n) is 5.55. The van der Waals surface area contributed by atoms with Crippen LogP contribution in [0.1, 0.15) is 0 Å². The number of pyridine rings is 1. The highest BCUT2D eigenvalue weighted by atomic mass is 16.5. The lowest BCUT2D eigenvalue weighted by molar-refractivity contribution is 0.364. The van der Waals surface area contributed by atoms with Crippen molar-refractivity contribution in [1.29, 1.82) is 0 Å². The molecule has 0 spiro atoms. The van der Waals surface area contributed by atoms with E-state index in [1.54, 1.807) is 33.6 Å². The molecule has 0 aliphatic heterocycles. The van der Waals surface area contributed by atoms with Crippen LogP contribution in [0, 0.1) is 0 Å². The molecule has 0 unspecified atom stereocenters. The molecule has 2 aromatic carbocycles. The van der Waals surface area contributed by atoms with Crippen LogP contribution < -0.4 is 18.9 Å². The van der Waals surface area contributed by atoms with Crippen molar-refractivity contribution in [1.82, 2.24) is 4.98 Å². The summed E-state index contributed by atoms with van der Waals surface area (Å²) >= 11 is 0. The molecule has 0 bridgehead atoms. The molecule has 3 rings (SSSR count). The molecule has 0 fully saturated rings. The predicted octanol–water partition coefficient (Wildman–Crippen LogP) is 4.49. The number of nitrogens with zero attached hydrogens (tertiary/aromatic N) is 1. The van der Waals surface area contributed by atoms with Gasteiger partial charge in [-0.2, -0.15) is 0 Å². The second kappa shape index (κ2) is 7.78. The van der Waals surface area contributed by atoms with E-state index in [0.29, 0.717) is 23.9 Å². The van der Waals surface area contributed by atoms with Gasteiger partial charge in [0.05, 0.1) is 32.2 Å². The van der Waals surface area contributed by atoms with Crippen molar-refractivity contribution >= 4 is 10.9 Å². The molecule has 0 aliphatic carbocycles. The molecule has 0 N–H and O–H groups in total. The van der Waals surface area contributed by atoms with E-state index in [1.807, 2.05) is 36.4 Å². The molecule has 0 aliphatic rings. The van der Waals surface area contributed by atoms with Gasteiger partial charge in [0, 0.05) is 23.9 Å². The normalized spacial score (nSPS) is 10.4. The van der Waals surface area contributed by atoms with E-state index in [-0.39, 0.29) is 0 Å². The van der Waals surface area contributed by atoms with Crippen molar-refractivity contribution in [2.24, 2.45) is 0 Å². The molecule has 5 heteroatoms. The van der Waals surface area contributed by atoms with E-state index in [9.17, 15) is 0 Å². The van der Waals surface area contributed by atoms with Gasteiger partial charge in [-0.1, -0.05) is 24.8 Å². The smallest absolute Gasteiger partial charge is 0.142 e. The third-order valence-electron chi connectivity index (χ3n) is 4.06. The molecule has 3 aromatic rings. The Morgan fingerprint density at radius 2 is 1.69 bits per heavy atom. The average Bonchev–Trinajstić information content (AvgIpc) is 2.70. The lowest BCUT2D eigenvalue weighted by Gasteiger charge is -2.16. The summed E-state index contributed by atoms with van der Waals surface area (Å²) in [6, 6.07) is 11.4. The largest absolute Gasteiger partial charge is 0.497 e. The molecule has 5 nitrogen and oxygen atoms in total. The molecule has 134 valence electrons. The fourth-order valence-corrected chi connectivity index (χ4v) is 2.78. The first-order chi connectivity index (χ1) is 12.7. The average molecular weight is 351 g/mol. The van der Waals surface area contributed by atoms with E-state index >= 15 is 0 Å². The van der Waals surface area contributed by atoms with Crippen LogP contribution in [-0.2, 0) is 0 Å². The first-order valence-electron chi connectivity index (χ1n) is 8.14. The highest BCUT2D eigenvalue weighted by molar-refractivity contribution is 5.97. The third-order valence-corrected chi connectivity index (χ3v) is 4.06. The van der Waals surface area contributed by atoms with Crippen LogP contribution in [0.3, 0.4) is 0 Å². The molecule has 1 heterocycles. The maximum absolute atomic E-state index is 6.02. The van der Waals surface area contributed by atoms with Crippen molar-refractivity contribution < 1.29 is 18.9 Å². The number of rotatable bonds is 7. The Morgan fingerprint density at radius 1 is 0.962 bits per heavy atom. The first kappa shape index (κ1) is 17.6. The quantitative estimate of drug-likeness (QED) is 0.587. The van der Waals surface area contributed by atoms with Crippen molar-refractivity contribution in [3.63, 3.8) is 0 Å². The monoisotopic (exact) mass is 351 g/mol. The Morgan fingerprint density at radius 3 is 2.31 bits per heavy atom. The van der Waals surface area contributed by atoms with Gasteiger partial charge in [-0.15, -0.1) is 0 Å². The zero-order valence-corrected chi connectivity index (χ0v) is 15.1. The molecule has 0 amide bonds. The van der Waals surface area contributed by atoms with Gasteiger partial charge in [0.25, 0.3) is 0 Å². The summed E-state index contributed by atoms with van der Waals surface area (Å²) < 4.78 is 22.2. The summed E-state index contributed by atoms with van der Waals surface area (Å²) in [4.78, 5) is 4.59. The SMILES string of the molecule is C=CCOc1c(-c2ccc(OC)cc2)cnc2cc(OC)cc(OC)c12. The minimum Gasteiger partial charge on any atom is -0.497 e. The van der Waals surface area contributed by atoms with Crippen molar-refractivity contribution in [2.75, 3.05) is 27.9 Å². The van der Waals surface area contributed by atoms with Crippen LogP contribution in [0.2, 0.25) is 0 Å². The van der Waals surface area contributed by atoms with Crippen LogP contribution in [0.15, 0.2) is 55.3 Å². The van der Waals surface area contributed by atoms with Crippen molar-refractivity contribution in [3.05, 3.63) is 55.3 Å². The molecular weight excluding hydrogens is 330 g/mol. The number of hydrogen-bond donors (Lipinski definition) is 0. The summed E-state index contributed by atoms with van der Waals surface area (Å²) in [6.45, 7) is 4.11. The zero-order valence-electron chi connectivity index (χ0n) is 15.1. The number of benzene rings is 2. The van der Waals surface area contributed by atoms with Gasteiger partial charge in [0.15, 0.2) is 0 Å². The summed E-state index contributed by atoms with van der Waals surface area (Å²) in [6.07, 6.45) is 3.50. The molecule has 0 atom stereocenters. The third kappa shape index (κ3) is 3.28. The second-order valence-corrected chi connectivity index (χ2v) is 5.55. The maximum atomic E-state index is 6.02. The highest BCUT2D eigenvalue weighted by Crippen LogP contribution is 2.42. The summed E-state index contributed by atoms with van der Waals surface area (Å²) in [7, 11) is 4.87. The summed E-state index contributed by atoms with van der Waals surface area (Å²) in [5.41, 5.74) is 2.57. The Bertz CT molecular complexity index is 919. The Balaban J connectivity index is 2.26. The minimum atomic E-state index is 0.372. The van der Waals surface area contributed by atoms with Crippen LogP contribution in [0.4, 0.5) is 0 Å². The van der Waals surface area contributed by atoms with E-state index in [0.717, 1.165) is 27.8 Å². The molecular formula is C21H21NO4.